The molecular weight excluding hydrogens is 390 g/mol. The molecule has 1 saturated carbocycles. The van der Waals surface area contributed by atoms with E-state index in [1.165, 1.54) is 36.9 Å². The fourth-order valence-electron chi connectivity index (χ4n) is 5.30. The van der Waals surface area contributed by atoms with Crippen molar-refractivity contribution in [2.24, 2.45) is 0 Å². The fraction of sp³-hybridized carbons (Fsp3) is 0.708. The first-order valence-electron chi connectivity index (χ1n) is 12.0. The summed E-state index contributed by atoms with van der Waals surface area (Å²) in [4.78, 5) is 25.8. The van der Waals surface area contributed by atoms with Gasteiger partial charge in [-0.05, 0) is 58.9 Å². The van der Waals surface area contributed by atoms with Crippen LogP contribution < -0.4 is 4.74 Å². The maximum Gasteiger partial charge on any atom is 0.236 e. The molecule has 7 nitrogen and oxygen atoms in total. The van der Waals surface area contributed by atoms with Crippen molar-refractivity contribution in [3.05, 3.63) is 17.6 Å². The quantitative estimate of drug-likeness (QED) is 0.671. The minimum absolute atomic E-state index is 0.132. The number of nitrogens with zero attached hydrogens (tertiary/aromatic N) is 5. The Kier molecular flexibility index (Phi) is 6.80. The van der Waals surface area contributed by atoms with E-state index in [4.69, 9.17) is 4.74 Å². The van der Waals surface area contributed by atoms with Gasteiger partial charge >= 0.3 is 0 Å². The highest BCUT2D eigenvalue weighted by atomic mass is 16.5. The van der Waals surface area contributed by atoms with Crippen LogP contribution in [-0.2, 0) is 4.79 Å². The van der Waals surface area contributed by atoms with Crippen molar-refractivity contribution in [3.63, 3.8) is 0 Å². The number of ether oxygens (including phenoxy) is 1. The third kappa shape index (κ3) is 4.43. The van der Waals surface area contributed by atoms with Crippen molar-refractivity contribution in [1.82, 2.24) is 24.3 Å². The second-order valence-corrected chi connectivity index (χ2v) is 9.06. The molecule has 0 radical (unpaired) electrons. The summed E-state index contributed by atoms with van der Waals surface area (Å²) < 4.78 is 8.86. The second kappa shape index (κ2) is 9.55. The van der Waals surface area contributed by atoms with Gasteiger partial charge in [-0.3, -0.25) is 9.69 Å². The minimum Gasteiger partial charge on any atom is -0.474 e. The Bertz CT molecular complexity index is 906. The van der Waals surface area contributed by atoms with Crippen molar-refractivity contribution >= 4 is 16.9 Å². The van der Waals surface area contributed by atoms with Gasteiger partial charge in [-0.15, -0.1) is 0 Å². The van der Waals surface area contributed by atoms with Crippen LogP contribution in [0.15, 0.2) is 6.33 Å². The lowest BCUT2D eigenvalue weighted by Gasteiger charge is -2.32. The van der Waals surface area contributed by atoms with Crippen LogP contribution in [0.25, 0.3) is 11.0 Å². The Morgan fingerprint density at radius 3 is 2.42 bits per heavy atom. The van der Waals surface area contributed by atoms with Gasteiger partial charge in [-0.2, -0.15) is 0 Å². The molecule has 31 heavy (non-hydrogen) atoms. The number of carbonyl (C=O) groups excluding carboxylic acids is 1. The molecule has 0 aromatic carbocycles. The summed E-state index contributed by atoms with van der Waals surface area (Å²) >= 11 is 0. The Balaban J connectivity index is 1.44. The Hall–Kier alpha value is -2.15. The van der Waals surface area contributed by atoms with Gasteiger partial charge in [0.15, 0.2) is 0 Å². The van der Waals surface area contributed by atoms with Gasteiger partial charge in [0.05, 0.1) is 11.9 Å². The van der Waals surface area contributed by atoms with E-state index in [2.05, 4.69) is 33.3 Å². The standard InChI is InChI=1S/C24H37N5O2/c1-5-28(6-2)21(30)15-27-13-11-20(12-14-27)31-24-22-17(3)18(4)29(19-9-7-8-10-19)23(22)25-16-26-24/h16,19-20H,5-15H2,1-4H3. The lowest BCUT2D eigenvalue weighted by molar-refractivity contribution is -0.132. The normalized spacial score (nSPS) is 18.7. The summed E-state index contributed by atoms with van der Waals surface area (Å²) in [5.74, 6) is 0.946. The SMILES string of the molecule is CCN(CC)C(=O)CN1CCC(Oc2ncnc3c2c(C)c(C)n3C2CCCC2)CC1. The first-order valence-corrected chi connectivity index (χ1v) is 12.0. The number of rotatable bonds is 7. The fourth-order valence-corrected chi connectivity index (χ4v) is 5.30. The van der Waals surface area contributed by atoms with Gasteiger partial charge < -0.3 is 14.2 Å². The summed E-state index contributed by atoms with van der Waals surface area (Å²) in [5.41, 5.74) is 3.55. The van der Waals surface area contributed by atoms with Crippen LogP contribution in [0.4, 0.5) is 0 Å². The molecule has 1 aliphatic carbocycles. The van der Waals surface area contributed by atoms with Crippen LogP contribution in [0.1, 0.15) is 69.7 Å². The van der Waals surface area contributed by atoms with Crippen LogP contribution in [0, 0.1) is 13.8 Å². The van der Waals surface area contributed by atoms with Crippen LogP contribution in [0.2, 0.25) is 0 Å². The maximum atomic E-state index is 12.4. The predicted molar refractivity (Wildman–Crippen MR) is 123 cm³/mol. The van der Waals surface area contributed by atoms with Gasteiger partial charge in [-0.1, -0.05) is 12.8 Å². The highest BCUT2D eigenvalue weighted by Crippen LogP contribution is 2.38. The third-order valence-corrected chi connectivity index (χ3v) is 7.28. The highest BCUT2D eigenvalue weighted by Gasteiger charge is 2.27. The van der Waals surface area contributed by atoms with E-state index in [1.807, 2.05) is 18.7 Å². The number of likely N-dealkylation sites (tertiary alicyclic amines) is 1. The lowest BCUT2D eigenvalue weighted by atomic mass is 10.1. The molecule has 1 amide bonds. The largest absolute Gasteiger partial charge is 0.474 e. The van der Waals surface area contributed by atoms with Crippen LogP contribution in [0.3, 0.4) is 0 Å². The van der Waals surface area contributed by atoms with E-state index >= 15 is 0 Å². The van der Waals surface area contributed by atoms with E-state index in [0.717, 1.165) is 55.9 Å². The average molecular weight is 428 g/mol. The summed E-state index contributed by atoms with van der Waals surface area (Å²) in [6.07, 6.45) is 8.67. The molecule has 2 aromatic rings. The van der Waals surface area contributed by atoms with Crippen LogP contribution in [-0.4, -0.2) is 69.1 Å². The molecule has 2 aromatic heterocycles. The minimum atomic E-state index is 0.132. The molecule has 0 atom stereocenters. The molecule has 1 saturated heterocycles. The van der Waals surface area contributed by atoms with E-state index < -0.39 is 0 Å². The molecule has 7 heteroatoms. The molecular formula is C24H37N5O2. The number of likely N-dealkylation sites (N-methyl/N-ethyl adjacent to an activating group) is 1. The van der Waals surface area contributed by atoms with E-state index in [-0.39, 0.29) is 12.0 Å². The van der Waals surface area contributed by atoms with Crippen molar-refractivity contribution in [2.75, 3.05) is 32.7 Å². The zero-order valence-electron chi connectivity index (χ0n) is 19.6. The van der Waals surface area contributed by atoms with Crippen molar-refractivity contribution in [3.8, 4) is 5.88 Å². The van der Waals surface area contributed by atoms with Crippen LogP contribution >= 0.6 is 0 Å². The molecule has 0 bridgehead atoms. The highest BCUT2D eigenvalue weighted by molar-refractivity contribution is 5.86. The average Bonchev–Trinajstić information content (AvgIpc) is 3.38. The monoisotopic (exact) mass is 427 g/mol. The number of aromatic nitrogens is 3. The molecule has 2 aliphatic rings. The predicted octanol–water partition coefficient (Wildman–Crippen LogP) is 3.87. The zero-order valence-corrected chi connectivity index (χ0v) is 19.6. The van der Waals surface area contributed by atoms with Gasteiger partial charge in [0.25, 0.3) is 0 Å². The van der Waals surface area contributed by atoms with Crippen molar-refractivity contribution < 1.29 is 9.53 Å². The topological polar surface area (TPSA) is 63.5 Å². The third-order valence-electron chi connectivity index (χ3n) is 7.28. The van der Waals surface area contributed by atoms with Gasteiger partial charge in [0.2, 0.25) is 11.8 Å². The number of hydrogen-bond acceptors (Lipinski definition) is 5. The molecule has 1 aliphatic heterocycles. The smallest absolute Gasteiger partial charge is 0.236 e. The number of fused-ring (bicyclic) bond motifs is 1. The van der Waals surface area contributed by atoms with Crippen molar-refractivity contribution in [1.29, 1.82) is 0 Å². The first kappa shape index (κ1) is 22.1. The lowest BCUT2D eigenvalue weighted by Crippen LogP contribution is -2.45. The molecule has 2 fully saturated rings. The molecule has 0 N–H and O–H groups in total. The Labute approximate surface area is 185 Å². The summed E-state index contributed by atoms with van der Waals surface area (Å²) in [6.45, 7) is 12.3. The maximum absolute atomic E-state index is 12.4. The molecule has 170 valence electrons. The number of piperidine rings is 1. The number of hydrogen-bond donors (Lipinski definition) is 0. The molecule has 4 rings (SSSR count). The van der Waals surface area contributed by atoms with E-state index in [9.17, 15) is 4.79 Å². The number of amides is 1. The summed E-state index contributed by atoms with van der Waals surface area (Å²) in [6, 6.07) is 0.547. The van der Waals surface area contributed by atoms with Crippen molar-refractivity contribution in [2.45, 2.75) is 78.4 Å². The Morgan fingerprint density at radius 2 is 1.77 bits per heavy atom. The van der Waals surface area contributed by atoms with Gasteiger partial charge in [0, 0.05) is 37.9 Å². The second-order valence-electron chi connectivity index (χ2n) is 9.06. The van der Waals surface area contributed by atoms with E-state index in [1.54, 1.807) is 6.33 Å². The summed E-state index contributed by atoms with van der Waals surface area (Å²) in [7, 11) is 0. The van der Waals surface area contributed by atoms with E-state index in [0.29, 0.717) is 12.6 Å². The Morgan fingerprint density at radius 1 is 1.10 bits per heavy atom. The number of aryl methyl sites for hydroxylation is 1. The molecule has 0 spiro atoms. The van der Waals surface area contributed by atoms with Crippen LogP contribution in [0.5, 0.6) is 5.88 Å². The van der Waals surface area contributed by atoms with Gasteiger partial charge in [0.1, 0.15) is 18.1 Å². The molecule has 3 heterocycles. The number of carbonyl (C=O) groups is 1. The molecule has 0 unspecified atom stereocenters. The first-order chi connectivity index (χ1) is 15.0. The zero-order chi connectivity index (χ0) is 22.0. The summed E-state index contributed by atoms with van der Waals surface area (Å²) in [5, 5.41) is 1.08. The van der Waals surface area contributed by atoms with Gasteiger partial charge in [-0.25, -0.2) is 9.97 Å².